The molecule has 0 spiro atoms. The maximum absolute atomic E-state index is 11.9. The fourth-order valence-electron chi connectivity index (χ4n) is 2.41. The predicted octanol–water partition coefficient (Wildman–Crippen LogP) is 2.35. The minimum atomic E-state index is -0.165. The number of carbonyl (C=O) groups excluding carboxylic acids is 2. The fourth-order valence-corrected chi connectivity index (χ4v) is 3.52. The highest BCUT2D eigenvalue weighted by molar-refractivity contribution is 7.99. The van der Waals surface area contributed by atoms with E-state index in [1.807, 2.05) is 17.8 Å². The molecule has 126 valence electrons. The van der Waals surface area contributed by atoms with Crippen molar-refractivity contribution < 1.29 is 14.3 Å². The molecule has 0 aromatic heterocycles. The van der Waals surface area contributed by atoms with Crippen molar-refractivity contribution in [1.29, 1.82) is 0 Å². The Bertz CT molecular complexity index is 560. The molecule has 0 aliphatic carbocycles. The lowest BCUT2D eigenvalue weighted by Gasteiger charge is -2.22. The second-order valence-corrected chi connectivity index (χ2v) is 6.65. The summed E-state index contributed by atoms with van der Waals surface area (Å²) in [6.45, 7) is 1.84. The Labute approximate surface area is 140 Å². The third-order valence-electron chi connectivity index (χ3n) is 3.58. The van der Waals surface area contributed by atoms with E-state index in [4.69, 9.17) is 4.74 Å². The zero-order chi connectivity index (χ0) is 16.7. The van der Waals surface area contributed by atoms with Gasteiger partial charge in [-0.15, -0.1) is 0 Å². The lowest BCUT2D eigenvalue weighted by Crippen LogP contribution is -2.43. The Balaban J connectivity index is 1.89. The average Bonchev–Trinajstić information content (AvgIpc) is 2.53. The van der Waals surface area contributed by atoms with Crippen molar-refractivity contribution in [3.63, 3.8) is 0 Å². The Morgan fingerprint density at radius 2 is 2.04 bits per heavy atom. The van der Waals surface area contributed by atoms with Crippen LogP contribution >= 0.6 is 11.8 Å². The molecule has 0 radical (unpaired) electrons. The molecule has 0 atom stereocenters. The smallest absolute Gasteiger partial charge is 0.315 e. The Hall–Kier alpha value is -1.89. The maximum Gasteiger partial charge on any atom is 0.315 e. The summed E-state index contributed by atoms with van der Waals surface area (Å²) >= 11 is 1.93. The molecule has 23 heavy (non-hydrogen) atoms. The quantitative estimate of drug-likeness (QED) is 0.770. The van der Waals surface area contributed by atoms with Crippen LogP contribution in [0.5, 0.6) is 5.75 Å². The van der Waals surface area contributed by atoms with Gasteiger partial charge in [0, 0.05) is 19.5 Å². The highest BCUT2D eigenvalue weighted by Crippen LogP contribution is 2.25. The van der Waals surface area contributed by atoms with Gasteiger partial charge in [-0.3, -0.25) is 4.79 Å². The first-order valence-corrected chi connectivity index (χ1v) is 8.80. The first kappa shape index (κ1) is 17.5. The number of thioether (sulfide) groups is 1. The van der Waals surface area contributed by atoms with Crippen LogP contribution < -0.4 is 20.7 Å². The summed E-state index contributed by atoms with van der Waals surface area (Å²) in [5, 5.41) is 8.58. The van der Waals surface area contributed by atoms with Crippen molar-refractivity contribution >= 4 is 29.4 Å². The first-order valence-electron chi connectivity index (χ1n) is 7.65. The van der Waals surface area contributed by atoms with E-state index in [9.17, 15) is 9.59 Å². The number of hydrogen-bond donors (Lipinski definition) is 3. The van der Waals surface area contributed by atoms with Crippen molar-refractivity contribution in [3.8, 4) is 5.75 Å². The SMILES string of the molecule is COc1ccc(CNC(=O)NC2CCSCC2)cc1NC(C)=O. The molecule has 1 fully saturated rings. The van der Waals surface area contributed by atoms with Crippen LogP contribution in [0.2, 0.25) is 0 Å². The van der Waals surface area contributed by atoms with Gasteiger partial charge < -0.3 is 20.7 Å². The summed E-state index contributed by atoms with van der Waals surface area (Å²) in [5.74, 6) is 2.63. The van der Waals surface area contributed by atoms with E-state index in [0.29, 0.717) is 18.0 Å². The van der Waals surface area contributed by atoms with E-state index in [1.54, 1.807) is 19.2 Å². The molecular formula is C16H23N3O3S. The van der Waals surface area contributed by atoms with E-state index >= 15 is 0 Å². The van der Waals surface area contributed by atoms with Gasteiger partial charge in [0.1, 0.15) is 5.75 Å². The number of anilines is 1. The zero-order valence-corrected chi connectivity index (χ0v) is 14.3. The van der Waals surface area contributed by atoms with Gasteiger partial charge in [0.25, 0.3) is 0 Å². The lowest BCUT2D eigenvalue weighted by atomic mass is 10.1. The number of urea groups is 1. The Morgan fingerprint density at radius 1 is 1.30 bits per heavy atom. The molecule has 0 saturated carbocycles. The van der Waals surface area contributed by atoms with Gasteiger partial charge in [-0.05, 0) is 42.0 Å². The maximum atomic E-state index is 11.9. The van der Waals surface area contributed by atoms with Crippen LogP contribution in [-0.4, -0.2) is 36.6 Å². The van der Waals surface area contributed by atoms with E-state index in [1.165, 1.54) is 6.92 Å². The summed E-state index contributed by atoms with van der Waals surface area (Å²) < 4.78 is 5.21. The highest BCUT2D eigenvalue weighted by atomic mass is 32.2. The summed E-state index contributed by atoms with van der Waals surface area (Å²) in [5.41, 5.74) is 1.49. The molecule has 3 N–H and O–H groups in total. The van der Waals surface area contributed by atoms with Gasteiger partial charge in [-0.2, -0.15) is 11.8 Å². The number of ether oxygens (including phenoxy) is 1. The van der Waals surface area contributed by atoms with Crippen molar-refractivity contribution in [2.24, 2.45) is 0 Å². The molecule has 7 heteroatoms. The van der Waals surface area contributed by atoms with E-state index in [2.05, 4.69) is 16.0 Å². The molecule has 0 unspecified atom stereocenters. The number of rotatable bonds is 5. The van der Waals surface area contributed by atoms with E-state index < -0.39 is 0 Å². The van der Waals surface area contributed by atoms with Crippen LogP contribution in [0.1, 0.15) is 25.3 Å². The molecule has 1 aromatic rings. The fraction of sp³-hybridized carbons (Fsp3) is 0.500. The minimum Gasteiger partial charge on any atom is -0.495 e. The molecule has 1 aliphatic heterocycles. The van der Waals surface area contributed by atoms with Crippen molar-refractivity contribution in [3.05, 3.63) is 23.8 Å². The van der Waals surface area contributed by atoms with Gasteiger partial charge in [0.05, 0.1) is 12.8 Å². The van der Waals surface area contributed by atoms with Crippen molar-refractivity contribution in [2.45, 2.75) is 32.4 Å². The highest BCUT2D eigenvalue weighted by Gasteiger charge is 2.15. The summed E-state index contributed by atoms with van der Waals surface area (Å²) in [7, 11) is 1.55. The number of amides is 3. The average molecular weight is 337 g/mol. The molecule has 3 amide bonds. The van der Waals surface area contributed by atoms with E-state index in [0.717, 1.165) is 29.9 Å². The lowest BCUT2D eigenvalue weighted by molar-refractivity contribution is -0.114. The van der Waals surface area contributed by atoms with Crippen molar-refractivity contribution in [1.82, 2.24) is 10.6 Å². The number of nitrogens with one attached hydrogen (secondary N) is 3. The second kappa shape index (κ2) is 8.67. The third-order valence-corrected chi connectivity index (χ3v) is 4.63. The van der Waals surface area contributed by atoms with Crippen LogP contribution in [0.15, 0.2) is 18.2 Å². The first-order chi connectivity index (χ1) is 11.1. The van der Waals surface area contributed by atoms with Crippen LogP contribution in [0.4, 0.5) is 10.5 Å². The van der Waals surface area contributed by atoms with Crippen LogP contribution in [0.3, 0.4) is 0 Å². The molecule has 1 aliphatic rings. The van der Waals surface area contributed by atoms with E-state index in [-0.39, 0.29) is 18.0 Å². The predicted molar refractivity (Wildman–Crippen MR) is 93.0 cm³/mol. The molecule has 2 rings (SSSR count). The molecule has 0 bridgehead atoms. The van der Waals surface area contributed by atoms with Crippen LogP contribution in [-0.2, 0) is 11.3 Å². The monoisotopic (exact) mass is 337 g/mol. The molecule has 1 saturated heterocycles. The standard InChI is InChI=1S/C16H23N3O3S/c1-11(20)18-14-9-12(3-4-15(14)22-2)10-17-16(21)19-13-5-7-23-8-6-13/h3-4,9,13H,5-8,10H2,1-2H3,(H,18,20)(H2,17,19,21). The zero-order valence-electron chi connectivity index (χ0n) is 13.5. The van der Waals surface area contributed by atoms with Gasteiger partial charge in [-0.1, -0.05) is 6.07 Å². The largest absolute Gasteiger partial charge is 0.495 e. The topological polar surface area (TPSA) is 79.5 Å². The number of hydrogen-bond acceptors (Lipinski definition) is 4. The van der Waals surface area contributed by atoms with Gasteiger partial charge in [0.2, 0.25) is 5.91 Å². The van der Waals surface area contributed by atoms with Gasteiger partial charge >= 0.3 is 6.03 Å². The molecule has 1 aromatic carbocycles. The summed E-state index contributed by atoms with van der Waals surface area (Å²) in [6, 6.07) is 5.55. The third kappa shape index (κ3) is 5.67. The number of carbonyl (C=O) groups is 2. The molecule has 6 nitrogen and oxygen atoms in total. The Morgan fingerprint density at radius 3 is 2.70 bits per heavy atom. The van der Waals surface area contributed by atoms with Crippen LogP contribution in [0, 0.1) is 0 Å². The molecular weight excluding hydrogens is 314 g/mol. The van der Waals surface area contributed by atoms with Gasteiger partial charge in [-0.25, -0.2) is 4.79 Å². The normalized spacial score (nSPS) is 14.9. The van der Waals surface area contributed by atoms with Crippen molar-refractivity contribution in [2.75, 3.05) is 23.9 Å². The number of methoxy groups -OCH3 is 1. The second-order valence-electron chi connectivity index (χ2n) is 5.43. The summed E-state index contributed by atoms with van der Waals surface area (Å²) in [4.78, 5) is 23.2. The van der Waals surface area contributed by atoms with Gasteiger partial charge in [0.15, 0.2) is 0 Å². The number of benzene rings is 1. The van der Waals surface area contributed by atoms with Crippen LogP contribution in [0.25, 0.3) is 0 Å². The minimum absolute atomic E-state index is 0.154. The Kier molecular flexibility index (Phi) is 6.58. The summed E-state index contributed by atoms with van der Waals surface area (Å²) in [6.07, 6.45) is 2.04. The molecule has 1 heterocycles.